The van der Waals surface area contributed by atoms with Crippen LogP contribution in [0.5, 0.6) is 0 Å². The van der Waals surface area contributed by atoms with Crippen molar-refractivity contribution in [2.45, 2.75) is 0 Å². The maximum Gasteiger partial charge on any atom is 0.0469 e. The highest BCUT2D eigenvalue weighted by Crippen LogP contribution is 2.25. The first-order valence-corrected chi connectivity index (χ1v) is 6.88. The molecule has 0 bridgehead atoms. The van der Waals surface area contributed by atoms with E-state index < -0.39 is 0 Å². The lowest BCUT2D eigenvalue weighted by atomic mass is 10.0. The molecule has 1 heteroatoms. The van der Waals surface area contributed by atoms with E-state index in [1.165, 1.54) is 10.8 Å². The van der Waals surface area contributed by atoms with Crippen molar-refractivity contribution in [2.24, 2.45) is 0 Å². The molecule has 19 heavy (non-hydrogen) atoms. The lowest BCUT2D eigenvalue weighted by Crippen LogP contribution is -1.82. The summed E-state index contributed by atoms with van der Waals surface area (Å²) < 4.78 is 1.04. The van der Waals surface area contributed by atoms with Gasteiger partial charge in [-0.1, -0.05) is 60.4 Å². The molecule has 0 saturated heterocycles. The second-order valence-electron chi connectivity index (χ2n) is 4.26. The number of hydrogen-bond acceptors (Lipinski definition) is 0. The molecule has 0 aliphatic rings. The number of benzene rings is 3. The monoisotopic (exact) mass is 306 g/mol. The van der Waals surface area contributed by atoms with Gasteiger partial charge in [-0.25, -0.2) is 0 Å². The van der Waals surface area contributed by atoms with Crippen molar-refractivity contribution in [1.82, 2.24) is 0 Å². The lowest BCUT2D eigenvalue weighted by Gasteiger charge is -2.02. The molecule has 0 aliphatic carbocycles. The number of rotatable bonds is 0. The van der Waals surface area contributed by atoms with E-state index in [4.69, 9.17) is 0 Å². The van der Waals surface area contributed by atoms with Crippen LogP contribution in [-0.4, -0.2) is 0 Å². The Kier molecular flexibility index (Phi) is 3.35. The zero-order chi connectivity index (χ0) is 13.1. The first-order chi connectivity index (χ1) is 9.34. The van der Waals surface area contributed by atoms with Crippen molar-refractivity contribution >= 4 is 26.7 Å². The van der Waals surface area contributed by atoms with E-state index in [1.54, 1.807) is 0 Å². The summed E-state index contributed by atoms with van der Waals surface area (Å²) in [4.78, 5) is 0. The van der Waals surface area contributed by atoms with E-state index in [2.05, 4.69) is 52.0 Å². The largest absolute Gasteiger partial charge is 0.0622 e. The van der Waals surface area contributed by atoms with Gasteiger partial charge in [0.1, 0.15) is 0 Å². The van der Waals surface area contributed by atoms with Gasteiger partial charge in [-0.05, 0) is 44.9 Å². The highest BCUT2D eigenvalue weighted by Gasteiger charge is 2.02. The molecule has 0 amide bonds. The zero-order valence-corrected chi connectivity index (χ0v) is 11.8. The lowest BCUT2D eigenvalue weighted by molar-refractivity contribution is 1.62. The maximum absolute atomic E-state index is 3.59. The Balaban J connectivity index is 2.16. The third-order valence-corrected chi connectivity index (χ3v) is 3.64. The van der Waals surface area contributed by atoms with Gasteiger partial charge in [0, 0.05) is 15.6 Å². The number of halogens is 1. The van der Waals surface area contributed by atoms with Crippen LogP contribution in [0.2, 0.25) is 0 Å². The molecular weight excluding hydrogens is 296 g/mol. The normalized spacial score (nSPS) is 9.95. The van der Waals surface area contributed by atoms with Crippen molar-refractivity contribution in [3.63, 3.8) is 0 Å². The molecule has 0 radical (unpaired) electrons. The van der Waals surface area contributed by atoms with E-state index in [0.29, 0.717) is 0 Å². The van der Waals surface area contributed by atoms with Crippen molar-refractivity contribution < 1.29 is 0 Å². The summed E-state index contributed by atoms with van der Waals surface area (Å²) in [6.07, 6.45) is 0. The summed E-state index contributed by atoms with van der Waals surface area (Å²) >= 11 is 3.59. The van der Waals surface area contributed by atoms with Gasteiger partial charge in [-0.2, -0.15) is 0 Å². The number of fused-ring (bicyclic) bond motifs is 1. The van der Waals surface area contributed by atoms with E-state index >= 15 is 0 Å². The second-order valence-corrected chi connectivity index (χ2v) is 5.11. The fraction of sp³-hybridized carbons (Fsp3) is 0. The molecule has 0 aromatic heterocycles. The van der Waals surface area contributed by atoms with E-state index in [9.17, 15) is 0 Å². The maximum atomic E-state index is 3.59. The SMILES string of the molecule is Brc1ccc2ccccc2c1C#Cc1ccccc1. The molecule has 0 unspecified atom stereocenters. The van der Waals surface area contributed by atoms with Crippen LogP contribution in [-0.2, 0) is 0 Å². The fourth-order valence-electron chi connectivity index (χ4n) is 2.03. The predicted molar refractivity (Wildman–Crippen MR) is 84.1 cm³/mol. The van der Waals surface area contributed by atoms with Crippen LogP contribution in [0.15, 0.2) is 71.2 Å². The zero-order valence-electron chi connectivity index (χ0n) is 10.2. The van der Waals surface area contributed by atoms with Gasteiger partial charge in [-0.3, -0.25) is 0 Å². The quantitative estimate of drug-likeness (QED) is 0.513. The van der Waals surface area contributed by atoms with Gasteiger partial charge in [0.05, 0.1) is 0 Å². The Morgan fingerprint density at radius 1 is 0.684 bits per heavy atom. The van der Waals surface area contributed by atoms with Crippen molar-refractivity contribution in [1.29, 1.82) is 0 Å². The summed E-state index contributed by atoms with van der Waals surface area (Å²) in [6.45, 7) is 0. The van der Waals surface area contributed by atoms with Crippen LogP contribution in [0.1, 0.15) is 11.1 Å². The van der Waals surface area contributed by atoms with E-state index in [1.807, 2.05) is 42.5 Å². The smallest absolute Gasteiger partial charge is 0.0469 e. The molecule has 0 N–H and O–H groups in total. The minimum atomic E-state index is 1.03. The third kappa shape index (κ3) is 2.54. The van der Waals surface area contributed by atoms with Gasteiger partial charge < -0.3 is 0 Å². The van der Waals surface area contributed by atoms with Gasteiger partial charge in [0.25, 0.3) is 0 Å². The van der Waals surface area contributed by atoms with Crippen molar-refractivity contribution in [3.05, 3.63) is 82.3 Å². The third-order valence-electron chi connectivity index (χ3n) is 2.98. The molecule has 0 spiro atoms. The van der Waals surface area contributed by atoms with Crippen LogP contribution in [0.4, 0.5) is 0 Å². The molecule has 3 rings (SSSR count). The van der Waals surface area contributed by atoms with Crippen LogP contribution in [0, 0.1) is 11.8 Å². The summed E-state index contributed by atoms with van der Waals surface area (Å²) in [7, 11) is 0. The molecule has 0 atom stereocenters. The molecular formula is C18H11Br. The van der Waals surface area contributed by atoms with E-state index in [0.717, 1.165) is 15.6 Å². The molecule has 0 fully saturated rings. The average molecular weight is 307 g/mol. The molecule has 0 nitrogen and oxygen atoms in total. The average Bonchev–Trinajstić information content (AvgIpc) is 2.47. The summed E-state index contributed by atoms with van der Waals surface area (Å²) in [6, 6.07) is 22.5. The van der Waals surface area contributed by atoms with E-state index in [-0.39, 0.29) is 0 Å². The van der Waals surface area contributed by atoms with Crippen LogP contribution >= 0.6 is 15.9 Å². The topological polar surface area (TPSA) is 0 Å². The molecule has 0 saturated carbocycles. The standard InChI is InChI=1S/C18H11Br/c19-18-13-11-15-8-4-5-9-16(15)17(18)12-10-14-6-2-1-3-7-14/h1-9,11,13H. The fourth-order valence-corrected chi connectivity index (χ4v) is 2.47. The Labute approximate surface area is 121 Å². The van der Waals surface area contributed by atoms with Gasteiger partial charge in [0.15, 0.2) is 0 Å². The van der Waals surface area contributed by atoms with Crippen LogP contribution < -0.4 is 0 Å². The molecule has 3 aromatic rings. The Morgan fingerprint density at radius 2 is 1.42 bits per heavy atom. The van der Waals surface area contributed by atoms with Crippen LogP contribution in [0.25, 0.3) is 10.8 Å². The summed E-state index contributed by atoms with van der Waals surface area (Å²) in [5, 5.41) is 2.39. The van der Waals surface area contributed by atoms with Gasteiger partial charge in [0.2, 0.25) is 0 Å². The minimum absolute atomic E-state index is 1.03. The van der Waals surface area contributed by atoms with Crippen LogP contribution in [0.3, 0.4) is 0 Å². The highest BCUT2D eigenvalue weighted by atomic mass is 79.9. The molecule has 0 heterocycles. The van der Waals surface area contributed by atoms with Gasteiger partial charge in [-0.15, -0.1) is 0 Å². The number of hydrogen-bond donors (Lipinski definition) is 0. The highest BCUT2D eigenvalue weighted by molar-refractivity contribution is 9.10. The first-order valence-electron chi connectivity index (χ1n) is 6.09. The Bertz CT molecular complexity index is 777. The van der Waals surface area contributed by atoms with Crippen molar-refractivity contribution in [2.75, 3.05) is 0 Å². The molecule has 3 aromatic carbocycles. The second kappa shape index (κ2) is 5.30. The summed E-state index contributed by atoms with van der Waals surface area (Å²) in [5.74, 6) is 6.49. The van der Waals surface area contributed by atoms with Crippen molar-refractivity contribution in [3.8, 4) is 11.8 Å². The Morgan fingerprint density at radius 3 is 2.26 bits per heavy atom. The molecule has 0 aliphatic heterocycles. The first kappa shape index (κ1) is 12.0. The summed E-state index contributed by atoms with van der Waals surface area (Å²) in [5.41, 5.74) is 2.07. The minimum Gasteiger partial charge on any atom is -0.0622 e. The predicted octanol–water partition coefficient (Wildman–Crippen LogP) is 5.00. The van der Waals surface area contributed by atoms with Gasteiger partial charge >= 0.3 is 0 Å². The molecule has 90 valence electrons. The Hall–Kier alpha value is -2.04.